The topological polar surface area (TPSA) is 134 Å². The highest BCUT2D eigenvalue weighted by molar-refractivity contribution is 7.98. The fourth-order valence-electron chi connectivity index (χ4n) is 4.63. The molecule has 248 valence electrons. The summed E-state index contributed by atoms with van der Waals surface area (Å²) in [5, 5.41) is 16.6. The molecule has 3 N–H and O–H groups in total. The Labute approximate surface area is 271 Å². The minimum Gasteiger partial charge on any atom is -0.507 e. The van der Waals surface area contributed by atoms with Gasteiger partial charge in [0.05, 0.1) is 0 Å². The molecule has 0 bridgehead atoms. The van der Waals surface area contributed by atoms with E-state index in [0.29, 0.717) is 11.3 Å². The normalized spacial score (nSPS) is 13.6. The zero-order valence-electron chi connectivity index (χ0n) is 27.9. The number of alkyl carbamates (subject to hydrolysis) is 1. The minimum absolute atomic E-state index is 0.0614. The van der Waals surface area contributed by atoms with Gasteiger partial charge in [-0.15, -0.1) is 0 Å². The van der Waals surface area contributed by atoms with Crippen molar-refractivity contribution in [1.29, 1.82) is 0 Å². The second-order valence-corrected chi connectivity index (χ2v) is 13.8. The van der Waals surface area contributed by atoms with E-state index in [1.165, 1.54) is 16.7 Å². The molecule has 0 fully saturated rings. The van der Waals surface area contributed by atoms with E-state index < -0.39 is 53.2 Å². The van der Waals surface area contributed by atoms with Gasteiger partial charge >= 0.3 is 12.1 Å². The van der Waals surface area contributed by atoms with Crippen molar-refractivity contribution in [3.63, 3.8) is 0 Å². The van der Waals surface area contributed by atoms with E-state index in [1.54, 1.807) is 73.6 Å². The average Bonchev–Trinajstić information content (AvgIpc) is 2.93. The second-order valence-electron chi connectivity index (χ2n) is 12.8. The van der Waals surface area contributed by atoms with E-state index in [1.807, 2.05) is 36.6 Å². The summed E-state index contributed by atoms with van der Waals surface area (Å²) in [6, 6.07) is 10.7. The van der Waals surface area contributed by atoms with E-state index in [9.17, 15) is 24.3 Å². The van der Waals surface area contributed by atoms with Gasteiger partial charge in [0.25, 0.3) is 0 Å². The van der Waals surface area contributed by atoms with E-state index in [0.717, 1.165) is 5.56 Å². The fourth-order valence-corrected chi connectivity index (χ4v) is 5.10. The number of likely N-dealkylation sites (N-methyl/N-ethyl adjacent to an activating group) is 1. The number of thioether (sulfide) groups is 1. The summed E-state index contributed by atoms with van der Waals surface area (Å²) in [4.78, 5) is 55.9. The number of hydrogen-bond acceptors (Lipinski definition) is 8. The summed E-state index contributed by atoms with van der Waals surface area (Å²) in [5.41, 5.74) is -0.106. The van der Waals surface area contributed by atoms with Crippen molar-refractivity contribution in [2.75, 3.05) is 18.6 Å². The van der Waals surface area contributed by atoms with Gasteiger partial charge in [-0.2, -0.15) is 11.8 Å². The lowest BCUT2D eigenvalue weighted by Crippen LogP contribution is -2.55. The Kier molecular flexibility index (Phi) is 13.8. The maximum Gasteiger partial charge on any atom is 0.408 e. The predicted octanol–water partition coefficient (Wildman–Crippen LogP) is 5.31. The number of aryl methyl sites for hydroxylation is 1. The average molecular weight is 644 g/mol. The van der Waals surface area contributed by atoms with Gasteiger partial charge in [-0.25, -0.2) is 9.59 Å². The minimum atomic E-state index is -1.33. The highest BCUT2D eigenvalue weighted by Crippen LogP contribution is 2.32. The van der Waals surface area contributed by atoms with Crippen LogP contribution >= 0.6 is 11.8 Å². The number of phenols is 1. The summed E-state index contributed by atoms with van der Waals surface area (Å²) in [7, 11) is 0. The molecule has 0 aliphatic heterocycles. The number of aromatic hydroxyl groups is 1. The van der Waals surface area contributed by atoms with Gasteiger partial charge in [0.15, 0.2) is 0 Å². The predicted molar refractivity (Wildman–Crippen MR) is 177 cm³/mol. The van der Waals surface area contributed by atoms with Gasteiger partial charge in [0.2, 0.25) is 11.8 Å². The Morgan fingerprint density at radius 2 is 1.51 bits per heavy atom. The molecule has 2 aromatic rings. The molecule has 0 spiro atoms. The molecule has 2 rings (SSSR count). The van der Waals surface area contributed by atoms with Crippen LogP contribution in [0.3, 0.4) is 0 Å². The molecule has 0 saturated carbocycles. The van der Waals surface area contributed by atoms with Crippen LogP contribution in [0.25, 0.3) is 0 Å². The summed E-state index contributed by atoms with van der Waals surface area (Å²) in [6.45, 7) is 13.8. The second kappa shape index (κ2) is 16.5. The van der Waals surface area contributed by atoms with Crippen LogP contribution in [-0.4, -0.2) is 75.7 Å². The van der Waals surface area contributed by atoms with Crippen LogP contribution in [0.4, 0.5) is 4.79 Å². The maximum atomic E-state index is 14.3. The highest BCUT2D eigenvalue weighted by Gasteiger charge is 2.39. The lowest BCUT2D eigenvalue weighted by molar-refractivity contribution is -0.159. The number of carbonyl (C=O) groups is 4. The van der Waals surface area contributed by atoms with Crippen molar-refractivity contribution in [2.45, 2.75) is 97.6 Å². The lowest BCUT2D eigenvalue weighted by atomic mass is 9.98. The maximum absolute atomic E-state index is 14.3. The molecule has 3 amide bonds. The Morgan fingerprint density at radius 3 is 2.07 bits per heavy atom. The summed E-state index contributed by atoms with van der Waals surface area (Å²) < 4.78 is 11.1. The first-order chi connectivity index (χ1) is 21.0. The number of rotatable bonds is 13. The first-order valence-corrected chi connectivity index (χ1v) is 16.5. The number of ether oxygens (including phenoxy) is 2. The first kappa shape index (κ1) is 37.5. The van der Waals surface area contributed by atoms with Gasteiger partial charge < -0.3 is 30.1 Å². The van der Waals surface area contributed by atoms with Gasteiger partial charge in [-0.1, -0.05) is 48.5 Å². The number of carbonyl (C=O) groups excluding carboxylic acids is 4. The standard InChI is InChI=1S/C34H49N3O7S/c1-10-37(30(40)25(19-20-45-9)36-32(42)44-34(6,7)8)27(24-18-14-15-22(2)28(24)38)29(39)35-26(31(41)43-33(3,4)5)21-23-16-12-11-13-17-23/h11-18,25-27,38H,10,19-21H2,1-9H3,(H,35,39)(H,36,42). The van der Waals surface area contributed by atoms with E-state index in [-0.39, 0.29) is 30.7 Å². The van der Waals surface area contributed by atoms with Crippen LogP contribution in [-0.2, 0) is 30.3 Å². The zero-order chi connectivity index (χ0) is 33.9. The summed E-state index contributed by atoms with van der Waals surface area (Å²) >= 11 is 1.51. The smallest absolute Gasteiger partial charge is 0.408 e. The quantitative estimate of drug-likeness (QED) is 0.250. The van der Waals surface area contributed by atoms with Crippen LogP contribution in [0.15, 0.2) is 48.5 Å². The lowest BCUT2D eigenvalue weighted by Gasteiger charge is -2.35. The molecule has 0 saturated heterocycles. The van der Waals surface area contributed by atoms with Crippen molar-refractivity contribution < 1.29 is 33.8 Å². The number of phenolic OH excluding ortho intramolecular Hbond substituents is 1. The molecular formula is C34H49N3O7S. The Bertz CT molecular complexity index is 1310. The third kappa shape index (κ3) is 11.9. The Balaban J connectivity index is 2.57. The molecule has 2 aromatic carbocycles. The van der Waals surface area contributed by atoms with E-state index in [2.05, 4.69) is 10.6 Å². The van der Waals surface area contributed by atoms with Crippen LogP contribution in [0.2, 0.25) is 0 Å². The SMILES string of the molecule is CCN(C(=O)C(CCSC)NC(=O)OC(C)(C)C)C(C(=O)NC(Cc1ccccc1)C(=O)OC(C)(C)C)c1cccc(C)c1O. The first-order valence-electron chi connectivity index (χ1n) is 15.1. The summed E-state index contributed by atoms with van der Waals surface area (Å²) in [5.74, 6) is -1.45. The molecule has 10 nitrogen and oxygen atoms in total. The van der Waals surface area contributed by atoms with Gasteiger partial charge in [0, 0.05) is 18.5 Å². The third-order valence-corrected chi connectivity index (χ3v) is 7.28. The van der Waals surface area contributed by atoms with Crippen LogP contribution in [0, 0.1) is 6.92 Å². The van der Waals surface area contributed by atoms with Crippen LogP contribution in [0.5, 0.6) is 5.75 Å². The molecular weight excluding hydrogens is 594 g/mol. The van der Waals surface area contributed by atoms with Crippen molar-refractivity contribution in [2.24, 2.45) is 0 Å². The number of amides is 3. The third-order valence-electron chi connectivity index (χ3n) is 6.64. The van der Waals surface area contributed by atoms with E-state index in [4.69, 9.17) is 9.47 Å². The monoisotopic (exact) mass is 643 g/mol. The van der Waals surface area contributed by atoms with E-state index >= 15 is 0 Å². The van der Waals surface area contributed by atoms with Gasteiger partial charge in [0.1, 0.15) is 35.1 Å². The van der Waals surface area contributed by atoms with Gasteiger partial charge in [-0.3, -0.25) is 9.59 Å². The fraction of sp³-hybridized carbons (Fsp3) is 0.529. The number of nitrogens with zero attached hydrogens (tertiary/aromatic N) is 1. The van der Waals surface area contributed by atoms with Crippen LogP contribution < -0.4 is 10.6 Å². The summed E-state index contributed by atoms with van der Waals surface area (Å²) in [6.07, 6.45) is 1.55. The molecule has 11 heteroatoms. The molecule has 0 heterocycles. The van der Waals surface area contributed by atoms with Crippen molar-refractivity contribution in [3.8, 4) is 5.75 Å². The molecule has 3 unspecified atom stereocenters. The highest BCUT2D eigenvalue weighted by atomic mass is 32.2. The Hall–Kier alpha value is -3.73. The zero-order valence-corrected chi connectivity index (χ0v) is 28.7. The molecule has 0 aliphatic carbocycles. The van der Waals surface area contributed by atoms with Crippen molar-refractivity contribution >= 4 is 35.6 Å². The van der Waals surface area contributed by atoms with Gasteiger partial charge in [-0.05, 0) is 84.9 Å². The largest absolute Gasteiger partial charge is 0.507 e. The van der Waals surface area contributed by atoms with Crippen molar-refractivity contribution in [1.82, 2.24) is 15.5 Å². The van der Waals surface area contributed by atoms with Crippen molar-refractivity contribution in [3.05, 3.63) is 65.2 Å². The molecule has 0 radical (unpaired) electrons. The molecule has 0 aromatic heterocycles. The Morgan fingerprint density at radius 1 is 0.889 bits per heavy atom. The number of esters is 1. The molecule has 3 atom stereocenters. The molecule has 0 aliphatic rings. The molecule has 45 heavy (non-hydrogen) atoms. The van der Waals surface area contributed by atoms with Crippen LogP contribution in [0.1, 0.15) is 77.6 Å². The number of hydrogen-bond donors (Lipinski definition) is 3. The number of benzene rings is 2. The number of para-hydroxylation sites is 1. The number of nitrogens with one attached hydrogen (secondary N) is 2.